The third-order valence-electron chi connectivity index (χ3n) is 8.26. The van der Waals surface area contributed by atoms with Gasteiger partial charge < -0.3 is 15.0 Å². The lowest BCUT2D eigenvalue weighted by Crippen LogP contribution is -2.55. The second-order valence-corrected chi connectivity index (χ2v) is 11.1. The van der Waals surface area contributed by atoms with Crippen molar-refractivity contribution in [3.63, 3.8) is 0 Å². The Balaban J connectivity index is 1.18. The van der Waals surface area contributed by atoms with Gasteiger partial charge >= 0.3 is 0 Å². The Kier molecular flexibility index (Phi) is 8.85. The van der Waals surface area contributed by atoms with Crippen LogP contribution in [-0.4, -0.2) is 54.5 Å². The molecule has 0 radical (unpaired) electrons. The van der Waals surface area contributed by atoms with Crippen molar-refractivity contribution in [1.82, 2.24) is 15.1 Å². The highest BCUT2D eigenvalue weighted by molar-refractivity contribution is 6.32. The van der Waals surface area contributed by atoms with Crippen LogP contribution in [0.4, 0.5) is 4.39 Å². The van der Waals surface area contributed by atoms with E-state index in [2.05, 4.69) is 34.2 Å². The van der Waals surface area contributed by atoms with Crippen LogP contribution in [0.2, 0.25) is 5.02 Å². The van der Waals surface area contributed by atoms with Gasteiger partial charge in [-0.25, -0.2) is 4.39 Å². The maximum atomic E-state index is 14.2. The summed E-state index contributed by atoms with van der Waals surface area (Å²) in [6, 6.07) is 22.3. The molecule has 0 atom stereocenters. The number of hydrogen-bond acceptors (Lipinski definition) is 4. The van der Waals surface area contributed by atoms with Gasteiger partial charge in [0.05, 0.1) is 10.4 Å². The zero-order valence-electron chi connectivity index (χ0n) is 22.5. The number of ether oxygens (including phenoxy) is 1. The molecule has 0 aliphatic carbocycles. The number of para-hydroxylation sites is 1. The molecule has 206 valence electrons. The van der Waals surface area contributed by atoms with Gasteiger partial charge in [0, 0.05) is 25.7 Å². The van der Waals surface area contributed by atoms with Crippen molar-refractivity contribution in [2.45, 2.75) is 50.6 Å². The smallest absolute Gasteiger partial charge is 0.230 e. The third kappa shape index (κ3) is 6.63. The van der Waals surface area contributed by atoms with Crippen LogP contribution in [0, 0.1) is 5.82 Å². The number of rotatable bonds is 8. The lowest BCUT2D eigenvalue weighted by Gasteiger charge is -2.42. The highest BCUT2D eigenvalue weighted by atomic mass is 35.5. The molecule has 5 nitrogen and oxygen atoms in total. The van der Waals surface area contributed by atoms with Crippen LogP contribution in [0.5, 0.6) is 11.5 Å². The molecule has 2 saturated heterocycles. The van der Waals surface area contributed by atoms with Crippen molar-refractivity contribution >= 4 is 17.5 Å². The Morgan fingerprint density at radius 2 is 1.72 bits per heavy atom. The summed E-state index contributed by atoms with van der Waals surface area (Å²) in [5.74, 6) is 1.17. The molecule has 2 fully saturated rings. The number of benzene rings is 3. The summed E-state index contributed by atoms with van der Waals surface area (Å²) in [5, 5.41) is 3.95. The largest absolute Gasteiger partial charge is 0.456 e. The van der Waals surface area contributed by atoms with Crippen molar-refractivity contribution in [1.29, 1.82) is 0 Å². The topological polar surface area (TPSA) is 44.8 Å². The first-order valence-corrected chi connectivity index (χ1v) is 14.4. The summed E-state index contributed by atoms with van der Waals surface area (Å²) < 4.78 is 20.2. The first-order chi connectivity index (χ1) is 18.9. The first kappa shape index (κ1) is 27.6. The molecular weight excluding hydrogens is 513 g/mol. The standard InChI is InChI=1S/C32H37ClFN3O2/c1-2-36-19-15-32(16-20-36,25-8-6-9-26(34)22-25)31(38)35-27-13-17-37(18-14-27)23-24-7-5-10-28(21-24)39-30-12-4-3-11-29(30)33/h3-12,21-22,27H,2,13-20,23H2,1H3,(H,35,38). The van der Waals surface area contributed by atoms with Gasteiger partial charge in [-0.15, -0.1) is 0 Å². The van der Waals surface area contributed by atoms with Gasteiger partial charge in [0.1, 0.15) is 17.3 Å². The number of carbonyl (C=O) groups is 1. The molecule has 39 heavy (non-hydrogen) atoms. The van der Waals surface area contributed by atoms with Crippen LogP contribution in [0.3, 0.4) is 0 Å². The molecule has 1 N–H and O–H groups in total. The summed E-state index contributed by atoms with van der Waals surface area (Å²) >= 11 is 6.25. The van der Waals surface area contributed by atoms with Crippen LogP contribution in [0.15, 0.2) is 72.8 Å². The van der Waals surface area contributed by atoms with E-state index >= 15 is 0 Å². The molecule has 3 aromatic rings. The van der Waals surface area contributed by atoms with Gasteiger partial charge in [0.25, 0.3) is 0 Å². The van der Waals surface area contributed by atoms with E-state index in [4.69, 9.17) is 16.3 Å². The molecule has 0 spiro atoms. The Morgan fingerprint density at radius 1 is 0.974 bits per heavy atom. The van der Waals surface area contributed by atoms with Crippen molar-refractivity contribution in [2.24, 2.45) is 0 Å². The van der Waals surface area contributed by atoms with Crippen molar-refractivity contribution < 1.29 is 13.9 Å². The summed E-state index contributed by atoms with van der Waals surface area (Å²) in [6.45, 7) is 7.42. The molecule has 2 aliphatic heterocycles. The molecule has 0 bridgehead atoms. The molecule has 2 heterocycles. The molecule has 0 saturated carbocycles. The molecule has 7 heteroatoms. The molecule has 0 aromatic heterocycles. The van der Waals surface area contributed by atoms with E-state index in [0.29, 0.717) is 23.6 Å². The van der Waals surface area contributed by atoms with Gasteiger partial charge in [-0.3, -0.25) is 9.69 Å². The second kappa shape index (κ2) is 12.5. The quantitative estimate of drug-likeness (QED) is 0.353. The number of likely N-dealkylation sites (tertiary alicyclic amines) is 2. The van der Waals surface area contributed by atoms with E-state index in [9.17, 15) is 9.18 Å². The highest BCUT2D eigenvalue weighted by Gasteiger charge is 2.43. The lowest BCUT2D eigenvalue weighted by molar-refractivity contribution is -0.129. The van der Waals surface area contributed by atoms with Crippen LogP contribution >= 0.6 is 11.6 Å². The Labute approximate surface area is 235 Å². The van der Waals surface area contributed by atoms with Crippen LogP contribution < -0.4 is 10.1 Å². The summed E-state index contributed by atoms with van der Waals surface area (Å²) in [4.78, 5) is 18.6. The summed E-state index contributed by atoms with van der Waals surface area (Å²) in [7, 11) is 0. The van der Waals surface area contributed by atoms with Crippen molar-refractivity contribution in [3.8, 4) is 11.5 Å². The number of hydrogen-bond donors (Lipinski definition) is 1. The van der Waals surface area contributed by atoms with Crippen LogP contribution in [0.25, 0.3) is 0 Å². The summed E-state index contributed by atoms with van der Waals surface area (Å²) in [5.41, 5.74) is 1.30. The van der Waals surface area contributed by atoms with Gasteiger partial charge in [-0.1, -0.05) is 54.9 Å². The minimum Gasteiger partial charge on any atom is -0.456 e. The maximum absolute atomic E-state index is 14.2. The molecule has 5 rings (SSSR count). The molecule has 2 aliphatic rings. The zero-order valence-corrected chi connectivity index (χ0v) is 23.3. The number of amides is 1. The fourth-order valence-electron chi connectivity index (χ4n) is 5.86. The molecule has 1 amide bonds. The van der Waals surface area contributed by atoms with Crippen molar-refractivity contribution in [2.75, 3.05) is 32.7 Å². The number of nitrogens with zero attached hydrogens (tertiary/aromatic N) is 2. The Bertz CT molecular complexity index is 1270. The molecule has 0 unspecified atom stereocenters. The monoisotopic (exact) mass is 549 g/mol. The zero-order chi connectivity index (χ0) is 27.2. The van der Waals surface area contributed by atoms with E-state index in [1.807, 2.05) is 42.5 Å². The van der Waals surface area contributed by atoms with Crippen LogP contribution in [-0.2, 0) is 16.8 Å². The predicted molar refractivity (Wildman–Crippen MR) is 154 cm³/mol. The van der Waals surface area contributed by atoms with E-state index in [-0.39, 0.29) is 17.8 Å². The van der Waals surface area contributed by atoms with Gasteiger partial charge in [-0.2, -0.15) is 0 Å². The molecule has 3 aromatic carbocycles. The SMILES string of the molecule is CCN1CCC(C(=O)NC2CCN(Cc3cccc(Oc4ccccc4Cl)c3)CC2)(c2cccc(F)c2)CC1. The number of piperidine rings is 2. The highest BCUT2D eigenvalue weighted by Crippen LogP contribution is 2.37. The predicted octanol–water partition coefficient (Wildman–Crippen LogP) is 6.41. The number of halogens is 2. The second-order valence-electron chi connectivity index (χ2n) is 10.7. The third-order valence-corrected chi connectivity index (χ3v) is 8.57. The van der Waals surface area contributed by atoms with Gasteiger partial charge in [-0.05, 0) is 92.8 Å². The number of nitrogens with one attached hydrogen (secondary N) is 1. The number of carbonyl (C=O) groups excluding carboxylic acids is 1. The molecular formula is C32H37ClFN3O2. The average molecular weight is 550 g/mol. The first-order valence-electron chi connectivity index (χ1n) is 14.0. The summed E-state index contributed by atoms with van der Waals surface area (Å²) in [6.07, 6.45) is 3.20. The fraction of sp³-hybridized carbons (Fsp3) is 0.406. The van der Waals surface area contributed by atoms with E-state index in [0.717, 1.165) is 63.4 Å². The van der Waals surface area contributed by atoms with Crippen molar-refractivity contribution in [3.05, 3.63) is 94.8 Å². The average Bonchev–Trinajstić information content (AvgIpc) is 2.95. The van der Waals surface area contributed by atoms with E-state index in [1.54, 1.807) is 12.1 Å². The maximum Gasteiger partial charge on any atom is 0.230 e. The normalized spacial score (nSPS) is 18.5. The Hall–Kier alpha value is -2.93. The van der Waals surface area contributed by atoms with Gasteiger partial charge in [0.15, 0.2) is 0 Å². The Morgan fingerprint density at radius 3 is 2.44 bits per heavy atom. The van der Waals surface area contributed by atoms with E-state index in [1.165, 1.54) is 11.6 Å². The lowest BCUT2D eigenvalue weighted by atomic mass is 9.71. The minimum atomic E-state index is -0.674. The minimum absolute atomic E-state index is 0.0479. The van der Waals surface area contributed by atoms with Gasteiger partial charge in [0.2, 0.25) is 5.91 Å². The van der Waals surface area contributed by atoms with E-state index < -0.39 is 5.41 Å². The fourth-order valence-corrected chi connectivity index (χ4v) is 6.04. The van der Waals surface area contributed by atoms with Crippen LogP contribution in [0.1, 0.15) is 43.7 Å².